The van der Waals surface area contributed by atoms with E-state index in [0.717, 1.165) is 5.56 Å². The first-order valence-electron chi connectivity index (χ1n) is 6.17. The predicted octanol–water partition coefficient (Wildman–Crippen LogP) is 2.27. The average Bonchev–Trinajstić information content (AvgIpc) is 2.38. The fourth-order valence-corrected chi connectivity index (χ4v) is 3.48. The summed E-state index contributed by atoms with van der Waals surface area (Å²) in [6.07, 6.45) is 0. The van der Waals surface area contributed by atoms with E-state index in [0.29, 0.717) is 11.6 Å². The molecule has 6 heteroatoms. The van der Waals surface area contributed by atoms with Gasteiger partial charge in [-0.15, -0.1) is 0 Å². The van der Waals surface area contributed by atoms with Crippen molar-refractivity contribution in [3.05, 3.63) is 34.9 Å². The summed E-state index contributed by atoms with van der Waals surface area (Å²) in [5.74, 6) is 0. The summed E-state index contributed by atoms with van der Waals surface area (Å²) in [4.78, 5) is 0. The lowest BCUT2D eigenvalue weighted by atomic mass is 10.1. The van der Waals surface area contributed by atoms with Crippen LogP contribution in [0.4, 0.5) is 0 Å². The van der Waals surface area contributed by atoms with Crippen molar-refractivity contribution in [2.24, 2.45) is 0 Å². The fraction of sp³-hybridized carbons (Fsp3) is 0.538. The van der Waals surface area contributed by atoms with E-state index in [4.69, 9.17) is 11.6 Å². The van der Waals surface area contributed by atoms with Crippen molar-refractivity contribution < 1.29 is 8.42 Å². The molecule has 2 unspecified atom stereocenters. The van der Waals surface area contributed by atoms with Gasteiger partial charge in [0.2, 0.25) is 10.0 Å². The van der Waals surface area contributed by atoms with Gasteiger partial charge in [0, 0.05) is 24.7 Å². The Bertz CT molecular complexity index is 502. The molecule has 0 radical (unpaired) electrons. The van der Waals surface area contributed by atoms with Gasteiger partial charge in [-0.05, 0) is 38.6 Å². The van der Waals surface area contributed by atoms with E-state index in [2.05, 4.69) is 5.32 Å². The Morgan fingerprint density at radius 1 is 1.26 bits per heavy atom. The molecular weight excluding hydrogens is 284 g/mol. The molecule has 1 rings (SSSR count). The molecule has 1 N–H and O–H groups in total. The molecule has 19 heavy (non-hydrogen) atoms. The average molecular weight is 305 g/mol. The van der Waals surface area contributed by atoms with Crippen LogP contribution in [0, 0.1) is 0 Å². The van der Waals surface area contributed by atoms with Crippen LogP contribution in [0.1, 0.15) is 25.5 Å². The standard InChI is InChI=1S/C13H21ClN2O2S/c1-10(9-15-3)19(17,18)16(4)11(2)12-5-7-13(14)8-6-12/h5-8,10-11,15H,9H2,1-4H3. The number of nitrogens with zero attached hydrogens (tertiary/aromatic N) is 1. The van der Waals surface area contributed by atoms with Gasteiger partial charge >= 0.3 is 0 Å². The predicted molar refractivity (Wildman–Crippen MR) is 79.9 cm³/mol. The molecule has 0 bridgehead atoms. The van der Waals surface area contributed by atoms with Gasteiger partial charge in [0.25, 0.3) is 0 Å². The molecule has 4 nitrogen and oxygen atoms in total. The summed E-state index contributed by atoms with van der Waals surface area (Å²) >= 11 is 5.84. The minimum absolute atomic E-state index is 0.221. The molecule has 0 saturated carbocycles. The Kier molecular flexibility index (Phi) is 5.80. The van der Waals surface area contributed by atoms with E-state index in [1.165, 1.54) is 4.31 Å². The van der Waals surface area contributed by atoms with Crippen LogP contribution in [0.3, 0.4) is 0 Å². The molecule has 108 valence electrons. The summed E-state index contributed by atoms with van der Waals surface area (Å²) < 4.78 is 26.1. The van der Waals surface area contributed by atoms with Crippen LogP contribution in [0.5, 0.6) is 0 Å². The van der Waals surface area contributed by atoms with Gasteiger partial charge in [0.05, 0.1) is 5.25 Å². The summed E-state index contributed by atoms with van der Waals surface area (Å²) in [5, 5.41) is 3.07. The Balaban J connectivity index is 2.93. The van der Waals surface area contributed by atoms with Gasteiger partial charge in [-0.2, -0.15) is 4.31 Å². The molecular formula is C13H21ClN2O2S. The molecule has 2 atom stereocenters. The lowest BCUT2D eigenvalue weighted by Gasteiger charge is -2.27. The van der Waals surface area contributed by atoms with Crippen LogP contribution >= 0.6 is 11.6 Å². The van der Waals surface area contributed by atoms with Crippen LogP contribution in [0.2, 0.25) is 5.02 Å². The molecule has 0 spiro atoms. The van der Waals surface area contributed by atoms with Gasteiger partial charge in [0.15, 0.2) is 0 Å². The highest BCUT2D eigenvalue weighted by molar-refractivity contribution is 7.89. The molecule has 0 aliphatic rings. The maximum atomic E-state index is 12.4. The number of hydrogen-bond donors (Lipinski definition) is 1. The normalized spacial score (nSPS) is 15.5. The first kappa shape index (κ1) is 16.4. The molecule has 0 heterocycles. The van der Waals surface area contributed by atoms with Crippen molar-refractivity contribution in [3.63, 3.8) is 0 Å². The first-order chi connectivity index (χ1) is 8.80. The molecule has 1 aromatic carbocycles. The van der Waals surface area contributed by atoms with E-state index in [-0.39, 0.29) is 6.04 Å². The van der Waals surface area contributed by atoms with Gasteiger partial charge in [0.1, 0.15) is 0 Å². The van der Waals surface area contributed by atoms with Crippen molar-refractivity contribution in [1.82, 2.24) is 9.62 Å². The Hall–Kier alpha value is -0.620. The van der Waals surface area contributed by atoms with E-state index in [9.17, 15) is 8.42 Å². The minimum atomic E-state index is -3.32. The number of benzene rings is 1. The highest BCUT2D eigenvalue weighted by Crippen LogP contribution is 2.24. The minimum Gasteiger partial charge on any atom is -0.318 e. The van der Waals surface area contributed by atoms with Crippen LogP contribution in [0.25, 0.3) is 0 Å². The van der Waals surface area contributed by atoms with Gasteiger partial charge in [-0.3, -0.25) is 0 Å². The fourth-order valence-electron chi connectivity index (χ4n) is 1.85. The smallest absolute Gasteiger partial charge is 0.218 e. The maximum Gasteiger partial charge on any atom is 0.218 e. The lowest BCUT2D eigenvalue weighted by molar-refractivity contribution is 0.391. The molecule has 1 aromatic rings. The maximum absolute atomic E-state index is 12.4. The second kappa shape index (κ2) is 6.70. The molecule has 0 aliphatic carbocycles. The van der Waals surface area contributed by atoms with E-state index >= 15 is 0 Å². The quantitative estimate of drug-likeness (QED) is 0.877. The largest absolute Gasteiger partial charge is 0.318 e. The number of hydrogen-bond acceptors (Lipinski definition) is 3. The van der Waals surface area contributed by atoms with Gasteiger partial charge < -0.3 is 5.32 Å². The zero-order chi connectivity index (χ0) is 14.6. The number of rotatable bonds is 6. The molecule has 0 amide bonds. The van der Waals surface area contributed by atoms with Gasteiger partial charge in [-0.1, -0.05) is 23.7 Å². The molecule has 0 fully saturated rings. The van der Waals surface area contributed by atoms with Crippen LogP contribution < -0.4 is 5.32 Å². The highest BCUT2D eigenvalue weighted by Gasteiger charge is 2.29. The van der Waals surface area contributed by atoms with Crippen LogP contribution in [-0.2, 0) is 10.0 Å². The Morgan fingerprint density at radius 2 is 1.79 bits per heavy atom. The van der Waals surface area contributed by atoms with Crippen LogP contribution in [0.15, 0.2) is 24.3 Å². The SMILES string of the molecule is CNCC(C)S(=O)(=O)N(C)C(C)c1ccc(Cl)cc1. The first-order valence-corrected chi connectivity index (χ1v) is 8.05. The molecule has 0 aliphatic heterocycles. The summed E-state index contributed by atoms with van der Waals surface area (Å²) in [6, 6.07) is 7.01. The number of halogens is 1. The second-order valence-electron chi connectivity index (χ2n) is 4.66. The molecule has 0 aromatic heterocycles. The number of sulfonamides is 1. The zero-order valence-corrected chi connectivity index (χ0v) is 13.3. The van der Waals surface area contributed by atoms with Crippen molar-refractivity contribution in [1.29, 1.82) is 0 Å². The summed E-state index contributed by atoms with van der Waals surface area (Å²) in [7, 11) is 0.0358. The van der Waals surface area contributed by atoms with Crippen molar-refractivity contribution in [2.75, 3.05) is 20.6 Å². The van der Waals surface area contributed by atoms with Crippen molar-refractivity contribution >= 4 is 21.6 Å². The van der Waals surface area contributed by atoms with Gasteiger partial charge in [-0.25, -0.2) is 8.42 Å². The highest BCUT2D eigenvalue weighted by atomic mass is 35.5. The van der Waals surface area contributed by atoms with Crippen molar-refractivity contribution in [3.8, 4) is 0 Å². The van der Waals surface area contributed by atoms with E-state index in [1.807, 2.05) is 19.1 Å². The summed E-state index contributed by atoms with van der Waals surface area (Å²) in [5.41, 5.74) is 0.923. The molecule has 0 saturated heterocycles. The monoisotopic (exact) mass is 304 g/mol. The third-order valence-corrected chi connectivity index (χ3v) is 5.85. The van der Waals surface area contributed by atoms with Crippen LogP contribution in [-0.4, -0.2) is 38.6 Å². The topological polar surface area (TPSA) is 49.4 Å². The number of nitrogens with one attached hydrogen (secondary N) is 1. The lowest BCUT2D eigenvalue weighted by Crippen LogP contribution is -2.40. The summed E-state index contributed by atoms with van der Waals surface area (Å²) in [6.45, 7) is 4.00. The van der Waals surface area contributed by atoms with E-state index in [1.54, 1.807) is 33.2 Å². The second-order valence-corrected chi connectivity index (χ2v) is 7.50. The Labute approximate surface area is 120 Å². The van der Waals surface area contributed by atoms with E-state index < -0.39 is 15.3 Å². The third kappa shape index (κ3) is 3.92. The Morgan fingerprint density at radius 3 is 2.26 bits per heavy atom. The third-order valence-electron chi connectivity index (χ3n) is 3.30. The zero-order valence-electron chi connectivity index (χ0n) is 11.7. The van der Waals surface area contributed by atoms with Crippen molar-refractivity contribution in [2.45, 2.75) is 25.1 Å².